The summed E-state index contributed by atoms with van der Waals surface area (Å²) in [7, 11) is 0. The van der Waals surface area contributed by atoms with Crippen molar-refractivity contribution in [3.8, 4) is 0 Å². The Labute approximate surface area is 88.6 Å². The fourth-order valence-corrected chi connectivity index (χ4v) is 1.49. The molecule has 0 saturated heterocycles. The molecule has 0 spiro atoms. The second-order valence-corrected chi connectivity index (χ2v) is 3.38. The third-order valence-electron chi connectivity index (χ3n) is 2.33. The van der Waals surface area contributed by atoms with E-state index >= 15 is 0 Å². The van der Waals surface area contributed by atoms with Crippen molar-refractivity contribution in [2.24, 2.45) is 0 Å². The molecule has 0 saturated carbocycles. The van der Waals surface area contributed by atoms with Crippen molar-refractivity contribution in [2.75, 3.05) is 0 Å². The lowest BCUT2D eigenvalue weighted by Gasteiger charge is -2.03. The molecule has 0 aliphatic rings. The summed E-state index contributed by atoms with van der Waals surface area (Å²) in [6.07, 6.45) is 3.26. The number of aromatic nitrogens is 1. The first-order valence-electron chi connectivity index (χ1n) is 4.79. The Morgan fingerprint density at radius 2 is 1.73 bits per heavy atom. The van der Waals surface area contributed by atoms with Crippen molar-refractivity contribution in [1.29, 1.82) is 0 Å². The summed E-state index contributed by atoms with van der Waals surface area (Å²) in [5, 5.41) is 0. The van der Waals surface area contributed by atoms with Crippen LogP contribution in [0.15, 0.2) is 48.8 Å². The Hall–Kier alpha value is -1.96. The van der Waals surface area contributed by atoms with Crippen LogP contribution in [0.4, 0.5) is 0 Å². The first-order chi connectivity index (χ1) is 7.29. The SMILES string of the molecule is Cc1ccccc1C(=O)c1ccncc1. The van der Waals surface area contributed by atoms with Crippen LogP contribution in [0.5, 0.6) is 0 Å². The van der Waals surface area contributed by atoms with Crippen LogP contribution in [0.2, 0.25) is 0 Å². The minimum atomic E-state index is 0.0514. The lowest BCUT2D eigenvalue weighted by molar-refractivity contribution is 0.103. The van der Waals surface area contributed by atoms with Crippen molar-refractivity contribution in [1.82, 2.24) is 4.98 Å². The van der Waals surface area contributed by atoms with Gasteiger partial charge in [-0.25, -0.2) is 0 Å². The van der Waals surface area contributed by atoms with Gasteiger partial charge in [0.1, 0.15) is 0 Å². The van der Waals surface area contributed by atoms with Gasteiger partial charge in [-0.15, -0.1) is 0 Å². The van der Waals surface area contributed by atoms with Crippen molar-refractivity contribution in [2.45, 2.75) is 6.92 Å². The molecule has 0 unspecified atom stereocenters. The van der Waals surface area contributed by atoms with Gasteiger partial charge in [-0.3, -0.25) is 9.78 Å². The molecule has 0 fully saturated rings. The van der Waals surface area contributed by atoms with E-state index < -0.39 is 0 Å². The summed E-state index contributed by atoms with van der Waals surface area (Å²) in [5.74, 6) is 0.0514. The van der Waals surface area contributed by atoms with Gasteiger partial charge in [-0.1, -0.05) is 24.3 Å². The highest BCUT2D eigenvalue weighted by Crippen LogP contribution is 2.12. The maximum atomic E-state index is 12.0. The lowest BCUT2D eigenvalue weighted by atomic mass is 10.0. The molecule has 1 aromatic heterocycles. The zero-order valence-electron chi connectivity index (χ0n) is 8.47. The van der Waals surface area contributed by atoms with E-state index in [4.69, 9.17) is 0 Å². The van der Waals surface area contributed by atoms with E-state index in [9.17, 15) is 4.79 Å². The molecule has 0 aliphatic heterocycles. The highest BCUT2D eigenvalue weighted by atomic mass is 16.1. The van der Waals surface area contributed by atoms with Crippen LogP contribution in [-0.2, 0) is 0 Å². The second kappa shape index (κ2) is 4.05. The van der Waals surface area contributed by atoms with Gasteiger partial charge in [0.2, 0.25) is 0 Å². The van der Waals surface area contributed by atoms with Crippen LogP contribution in [0, 0.1) is 6.92 Å². The normalized spacial score (nSPS) is 9.93. The third-order valence-corrected chi connectivity index (χ3v) is 2.33. The quantitative estimate of drug-likeness (QED) is 0.693. The first-order valence-corrected chi connectivity index (χ1v) is 4.79. The highest BCUT2D eigenvalue weighted by molar-refractivity contribution is 6.09. The fourth-order valence-electron chi connectivity index (χ4n) is 1.49. The fraction of sp³-hybridized carbons (Fsp3) is 0.0769. The van der Waals surface area contributed by atoms with E-state index in [1.807, 2.05) is 31.2 Å². The van der Waals surface area contributed by atoms with Gasteiger partial charge >= 0.3 is 0 Å². The molecule has 0 N–H and O–H groups in total. The Bertz CT molecular complexity index is 477. The number of carbonyl (C=O) groups excluding carboxylic acids is 1. The number of hydrogen-bond acceptors (Lipinski definition) is 2. The smallest absolute Gasteiger partial charge is 0.193 e. The monoisotopic (exact) mass is 197 g/mol. The molecule has 15 heavy (non-hydrogen) atoms. The molecule has 2 rings (SSSR count). The summed E-state index contributed by atoms with van der Waals surface area (Å²) >= 11 is 0. The predicted molar refractivity (Wildman–Crippen MR) is 58.8 cm³/mol. The van der Waals surface area contributed by atoms with Crippen LogP contribution in [0.1, 0.15) is 21.5 Å². The third kappa shape index (κ3) is 1.94. The Morgan fingerprint density at radius 1 is 1.07 bits per heavy atom. The zero-order chi connectivity index (χ0) is 10.7. The molecule has 0 aliphatic carbocycles. The molecule has 0 amide bonds. The summed E-state index contributed by atoms with van der Waals surface area (Å²) < 4.78 is 0. The lowest BCUT2D eigenvalue weighted by Crippen LogP contribution is -2.03. The second-order valence-electron chi connectivity index (χ2n) is 3.38. The van der Waals surface area contributed by atoms with E-state index in [0.717, 1.165) is 11.1 Å². The maximum Gasteiger partial charge on any atom is 0.193 e. The van der Waals surface area contributed by atoms with Crippen molar-refractivity contribution < 1.29 is 4.79 Å². The summed E-state index contributed by atoms with van der Waals surface area (Å²) in [4.78, 5) is 15.9. The molecule has 0 radical (unpaired) electrons. The van der Waals surface area contributed by atoms with Crippen LogP contribution in [0.3, 0.4) is 0 Å². The van der Waals surface area contributed by atoms with Crippen molar-refractivity contribution in [3.63, 3.8) is 0 Å². The molecule has 1 aromatic carbocycles. The molecule has 2 heteroatoms. The van der Waals surface area contributed by atoms with E-state index in [2.05, 4.69) is 4.98 Å². The van der Waals surface area contributed by atoms with Crippen LogP contribution in [0.25, 0.3) is 0 Å². The Morgan fingerprint density at radius 3 is 2.40 bits per heavy atom. The van der Waals surface area contributed by atoms with Crippen LogP contribution >= 0.6 is 0 Å². The first kappa shape index (κ1) is 9.59. The van der Waals surface area contributed by atoms with E-state index in [1.165, 1.54) is 0 Å². The maximum absolute atomic E-state index is 12.0. The standard InChI is InChI=1S/C13H11NO/c1-10-4-2-3-5-12(10)13(15)11-6-8-14-9-7-11/h2-9H,1H3. The van der Waals surface area contributed by atoms with Crippen molar-refractivity contribution in [3.05, 3.63) is 65.5 Å². The van der Waals surface area contributed by atoms with Crippen molar-refractivity contribution >= 4 is 5.78 Å². The number of nitrogens with zero attached hydrogens (tertiary/aromatic N) is 1. The van der Waals surface area contributed by atoms with E-state index in [0.29, 0.717) is 5.56 Å². The summed E-state index contributed by atoms with van der Waals surface area (Å²) in [6.45, 7) is 1.94. The number of aryl methyl sites for hydroxylation is 1. The number of benzene rings is 1. The number of carbonyl (C=O) groups is 1. The van der Waals surface area contributed by atoms with Gasteiger partial charge in [0, 0.05) is 23.5 Å². The van der Waals surface area contributed by atoms with Crippen LogP contribution in [-0.4, -0.2) is 10.8 Å². The molecule has 1 heterocycles. The number of rotatable bonds is 2. The molecule has 2 aromatic rings. The molecule has 0 bridgehead atoms. The molecular formula is C13H11NO. The summed E-state index contributed by atoms with van der Waals surface area (Å²) in [6, 6.07) is 11.1. The molecular weight excluding hydrogens is 186 g/mol. The minimum Gasteiger partial charge on any atom is -0.289 e. The number of ketones is 1. The number of pyridine rings is 1. The predicted octanol–water partition coefficient (Wildman–Crippen LogP) is 2.62. The Balaban J connectivity index is 2.42. The minimum absolute atomic E-state index is 0.0514. The molecule has 0 atom stereocenters. The van der Waals surface area contributed by atoms with E-state index in [1.54, 1.807) is 24.5 Å². The Kier molecular flexibility index (Phi) is 2.59. The highest BCUT2D eigenvalue weighted by Gasteiger charge is 2.09. The zero-order valence-corrected chi connectivity index (χ0v) is 8.47. The van der Waals surface area contributed by atoms with Gasteiger partial charge in [0.25, 0.3) is 0 Å². The average molecular weight is 197 g/mol. The van der Waals surface area contributed by atoms with Gasteiger partial charge in [-0.05, 0) is 24.6 Å². The van der Waals surface area contributed by atoms with Gasteiger partial charge in [-0.2, -0.15) is 0 Å². The molecule has 2 nitrogen and oxygen atoms in total. The average Bonchev–Trinajstić information content (AvgIpc) is 2.30. The largest absolute Gasteiger partial charge is 0.289 e. The van der Waals surface area contributed by atoms with Gasteiger partial charge in [0.05, 0.1) is 0 Å². The molecule has 74 valence electrons. The van der Waals surface area contributed by atoms with Gasteiger partial charge in [0.15, 0.2) is 5.78 Å². The summed E-state index contributed by atoms with van der Waals surface area (Å²) in [5.41, 5.74) is 2.43. The number of hydrogen-bond donors (Lipinski definition) is 0. The van der Waals surface area contributed by atoms with Gasteiger partial charge < -0.3 is 0 Å². The van der Waals surface area contributed by atoms with E-state index in [-0.39, 0.29) is 5.78 Å². The van der Waals surface area contributed by atoms with Crippen LogP contribution < -0.4 is 0 Å². The topological polar surface area (TPSA) is 30.0 Å².